The Morgan fingerprint density at radius 1 is 1.57 bits per heavy atom. The molecule has 0 spiro atoms. The van der Waals surface area contributed by atoms with Crippen molar-refractivity contribution in [1.29, 1.82) is 0 Å². The molecule has 0 bridgehead atoms. The third-order valence-electron chi connectivity index (χ3n) is 1.01. The molecule has 7 heavy (non-hydrogen) atoms. The summed E-state index contributed by atoms with van der Waals surface area (Å²) >= 11 is 0. The van der Waals surface area contributed by atoms with E-state index in [0.29, 0.717) is 0 Å². The first-order chi connectivity index (χ1) is 3.27. The second-order valence-electron chi connectivity index (χ2n) is 2.12. The third kappa shape index (κ3) is 6.43. The molecule has 0 aliphatic carbocycles. The topological polar surface area (TPSA) is 0 Å². The summed E-state index contributed by atoms with van der Waals surface area (Å²) in [6, 6.07) is 0. The third-order valence-corrected chi connectivity index (χ3v) is 1.35. The van der Waals surface area contributed by atoms with Crippen molar-refractivity contribution in [3.63, 3.8) is 0 Å². The first-order valence-electron chi connectivity index (χ1n) is 3.03. The smallest absolute Gasteiger partial charge is 0.0293 e. The Hall–Kier alpha value is 0.430. The van der Waals surface area contributed by atoms with Crippen LogP contribution < -0.4 is 0 Å². The maximum atomic E-state index is 2.81. The lowest BCUT2D eigenvalue weighted by molar-refractivity contribution is 0.713. The van der Waals surface area contributed by atoms with Crippen LogP contribution in [0, 0.1) is 0 Å². The van der Waals surface area contributed by atoms with Gasteiger partial charge in [-0.25, -0.2) is 0 Å². The molecule has 2 atom stereocenters. The monoisotopic (exact) mass is 118 g/mol. The summed E-state index contributed by atoms with van der Waals surface area (Å²) < 4.78 is 0. The van der Waals surface area contributed by atoms with E-state index in [2.05, 4.69) is 23.1 Å². The largest absolute Gasteiger partial charge is 0.135 e. The van der Waals surface area contributed by atoms with Gasteiger partial charge in [0.15, 0.2) is 0 Å². The molecule has 0 aliphatic heterocycles. The van der Waals surface area contributed by atoms with Gasteiger partial charge in [0.2, 0.25) is 0 Å². The lowest BCUT2D eigenvalue weighted by Crippen LogP contribution is -1.86. The van der Waals surface area contributed by atoms with Gasteiger partial charge in [0.1, 0.15) is 0 Å². The van der Waals surface area contributed by atoms with Crippen molar-refractivity contribution in [3.05, 3.63) is 0 Å². The molecule has 0 aromatic heterocycles. The average Bonchev–Trinajstić information content (AvgIpc) is 1.61. The van der Waals surface area contributed by atoms with Crippen molar-refractivity contribution < 1.29 is 0 Å². The van der Waals surface area contributed by atoms with Gasteiger partial charge < -0.3 is 0 Å². The summed E-state index contributed by atoms with van der Waals surface area (Å²) in [6.45, 7) is 4.47. The zero-order valence-electron chi connectivity index (χ0n) is 5.28. The van der Waals surface area contributed by atoms with Gasteiger partial charge >= 0.3 is 0 Å². The fourth-order valence-electron chi connectivity index (χ4n) is 0.526. The minimum atomic E-state index is 0.819. The summed E-state index contributed by atoms with van der Waals surface area (Å²) in [5.74, 6) is 0. The highest BCUT2D eigenvalue weighted by atomic mass is 31.0. The second kappa shape index (κ2) is 4.59. The molecule has 0 N–H and O–H groups in total. The van der Waals surface area contributed by atoms with Gasteiger partial charge in [-0.1, -0.05) is 26.7 Å². The first-order valence-corrected chi connectivity index (χ1v) is 3.69. The van der Waals surface area contributed by atoms with Crippen LogP contribution in [-0.4, -0.2) is 5.66 Å². The molecule has 0 aromatic carbocycles. The number of unbranched alkanes of at least 4 members (excludes halogenated alkanes) is 1. The van der Waals surface area contributed by atoms with Gasteiger partial charge in [-0.15, -0.1) is 9.24 Å². The summed E-state index contributed by atoms with van der Waals surface area (Å²) in [5.41, 5.74) is 0.819. The van der Waals surface area contributed by atoms with Crippen molar-refractivity contribution in [1.82, 2.24) is 0 Å². The van der Waals surface area contributed by atoms with E-state index in [1.165, 1.54) is 19.3 Å². The van der Waals surface area contributed by atoms with Crippen LogP contribution in [0.1, 0.15) is 33.1 Å². The van der Waals surface area contributed by atoms with Gasteiger partial charge in [-0.05, 0) is 12.1 Å². The number of hydrogen-bond donors (Lipinski definition) is 0. The fourth-order valence-corrected chi connectivity index (χ4v) is 0.762. The van der Waals surface area contributed by atoms with Gasteiger partial charge in [0.05, 0.1) is 0 Å². The first kappa shape index (κ1) is 7.43. The Labute approximate surface area is 48.9 Å². The SMILES string of the molecule is CCCCC(C)P. The highest BCUT2D eigenvalue weighted by molar-refractivity contribution is 7.17. The average molecular weight is 118 g/mol. The van der Waals surface area contributed by atoms with E-state index in [1.54, 1.807) is 0 Å². The molecule has 0 aliphatic rings. The molecule has 0 nitrogen and oxygen atoms in total. The second-order valence-corrected chi connectivity index (χ2v) is 3.26. The van der Waals surface area contributed by atoms with Crippen LogP contribution in [-0.2, 0) is 0 Å². The van der Waals surface area contributed by atoms with Crippen LogP contribution >= 0.6 is 9.24 Å². The van der Waals surface area contributed by atoms with Crippen molar-refractivity contribution in [2.45, 2.75) is 38.8 Å². The number of hydrogen-bond acceptors (Lipinski definition) is 0. The van der Waals surface area contributed by atoms with Crippen LogP contribution in [0.15, 0.2) is 0 Å². The lowest BCUT2D eigenvalue weighted by atomic mass is 10.2. The molecule has 1 heteroatoms. The lowest BCUT2D eigenvalue weighted by Gasteiger charge is -1.98. The van der Waals surface area contributed by atoms with Gasteiger partial charge in [0, 0.05) is 0 Å². The normalized spacial score (nSPS) is 14.1. The van der Waals surface area contributed by atoms with Crippen LogP contribution in [0.2, 0.25) is 0 Å². The van der Waals surface area contributed by atoms with Crippen molar-refractivity contribution in [3.8, 4) is 0 Å². The minimum absolute atomic E-state index is 0.819. The van der Waals surface area contributed by atoms with Crippen LogP contribution in [0.5, 0.6) is 0 Å². The fraction of sp³-hybridized carbons (Fsp3) is 1.00. The Morgan fingerprint density at radius 2 is 2.14 bits per heavy atom. The zero-order valence-corrected chi connectivity index (χ0v) is 6.43. The van der Waals surface area contributed by atoms with E-state index in [-0.39, 0.29) is 0 Å². The molecule has 0 fully saturated rings. The predicted molar refractivity (Wildman–Crippen MR) is 38.7 cm³/mol. The molecule has 0 radical (unpaired) electrons. The molecular formula is C6H15P. The highest BCUT2D eigenvalue weighted by Gasteiger charge is 1.88. The zero-order chi connectivity index (χ0) is 5.70. The summed E-state index contributed by atoms with van der Waals surface area (Å²) in [5, 5.41) is 0. The van der Waals surface area contributed by atoms with Crippen molar-refractivity contribution >= 4 is 9.24 Å². The standard InChI is InChI=1S/C6H15P/c1-3-4-5-6(2)7/h6H,3-5,7H2,1-2H3. The van der Waals surface area contributed by atoms with Gasteiger partial charge in [0.25, 0.3) is 0 Å². The molecule has 0 aromatic rings. The Bertz CT molecular complexity index is 33.2. The summed E-state index contributed by atoms with van der Waals surface area (Å²) in [4.78, 5) is 0. The van der Waals surface area contributed by atoms with E-state index in [0.717, 1.165) is 5.66 Å². The van der Waals surface area contributed by atoms with Gasteiger partial charge in [-0.3, -0.25) is 0 Å². The summed E-state index contributed by atoms with van der Waals surface area (Å²) in [6.07, 6.45) is 4.07. The van der Waals surface area contributed by atoms with Crippen molar-refractivity contribution in [2.75, 3.05) is 0 Å². The van der Waals surface area contributed by atoms with E-state index < -0.39 is 0 Å². The molecule has 0 saturated carbocycles. The Morgan fingerprint density at radius 3 is 2.29 bits per heavy atom. The summed E-state index contributed by atoms with van der Waals surface area (Å²) in [7, 11) is 2.81. The van der Waals surface area contributed by atoms with Crippen LogP contribution in [0.4, 0.5) is 0 Å². The van der Waals surface area contributed by atoms with Crippen LogP contribution in [0.3, 0.4) is 0 Å². The van der Waals surface area contributed by atoms with E-state index in [1.807, 2.05) is 0 Å². The molecule has 2 unspecified atom stereocenters. The predicted octanol–water partition coefficient (Wildman–Crippen LogP) is 2.44. The number of rotatable bonds is 3. The maximum Gasteiger partial charge on any atom is -0.0293 e. The van der Waals surface area contributed by atoms with Crippen molar-refractivity contribution in [2.24, 2.45) is 0 Å². The molecule has 0 rings (SSSR count). The maximum absolute atomic E-state index is 2.81. The minimum Gasteiger partial charge on any atom is -0.135 e. The molecule has 0 heterocycles. The highest BCUT2D eigenvalue weighted by Crippen LogP contribution is 2.07. The molecule has 0 saturated heterocycles. The van der Waals surface area contributed by atoms with Crippen LogP contribution in [0.25, 0.3) is 0 Å². The molecular weight excluding hydrogens is 103 g/mol. The molecule has 44 valence electrons. The Kier molecular flexibility index (Phi) is 4.87. The Balaban J connectivity index is 2.68. The van der Waals surface area contributed by atoms with E-state index in [9.17, 15) is 0 Å². The van der Waals surface area contributed by atoms with E-state index in [4.69, 9.17) is 0 Å². The molecule has 0 amide bonds. The van der Waals surface area contributed by atoms with E-state index >= 15 is 0 Å². The quantitative estimate of drug-likeness (QED) is 0.499. The van der Waals surface area contributed by atoms with Gasteiger partial charge in [-0.2, -0.15) is 0 Å².